The van der Waals surface area contributed by atoms with Gasteiger partial charge in [-0.25, -0.2) is 0 Å². The summed E-state index contributed by atoms with van der Waals surface area (Å²) in [7, 11) is 0. The van der Waals surface area contributed by atoms with Crippen molar-refractivity contribution >= 4 is 29.0 Å². The van der Waals surface area contributed by atoms with E-state index in [0.29, 0.717) is 5.92 Å². The lowest BCUT2D eigenvalue weighted by Crippen LogP contribution is -2.54. The highest BCUT2D eigenvalue weighted by Gasteiger charge is 2.41. The number of fused-ring (bicyclic) bond motifs is 1. The molecule has 2 aliphatic carbocycles. The maximum atomic E-state index is 4.21. The van der Waals surface area contributed by atoms with Gasteiger partial charge in [0, 0.05) is 29.2 Å². The second-order valence-electron chi connectivity index (χ2n) is 22.4. The third-order valence-corrected chi connectivity index (χ3v) is 14.3. The first-order valence-corrected chi connectivity index (χ1v) is 23.2. The highest BCUT2D eigenvalue weighted by atomic mass is 15.2. The van der Waals surface area contributed by atoms with E-state index in [1.54, 1.807) is 0 Å². The molecule has 3 atom stereocenters. The zero-order chi connectivity index (χ0) is 43.4. The molecule has 2 heterocycles. The number of nitrogens with one attached hydrogen (secondary N) is 1. The van der Waals surface area contributed by atoms with E-state index in [4.69, 9.17) is 0 Å². The molecule has 1 N–H and O–H groups in total. The zero-order valence-electron chi connectivity index (χ0n) is 39.7. The largest absolute Gasteiger partial charge is 0.389 e. The van der Waals surface area contributed by atoms with Crippen LogP contribution in [0.4, 0.5) is 5.69 Å². The maximum Gasteiger partial charge on any atom is 0.242 e. The molecule has 2 nitrogen and oxygen atoms in total. The molecule has 3 aromatic carbocycles. The maximum absolute atomic E-state index is 4.21. The third kappa shape index (κ3) is 9.17. The van der Waals surface area contributed by atoms with Crippen molar-refractivity contribution in [1.29, 1.82) is 0 Å². The van der Waals surface area contributed by atoms with Gasteiger partial charge in [0.1, 0.15) is 0 Å². The Morgan fingerprint density at radius 3 is 2.17 bits per heavy atom. The fourth-order valence-corrected chi connectivity index (χ4v) is 10.4. The van der Waals surface area contributed by atoms with Crippen LogP contribution in [0.15, 0.2) is 120 Å². The molecule has 2 aliphatic heterocycles. The second kappa shape index (κ2) is 16.6. The molecule has 0 amide bonds. The molecule has 0 aromatic heterocycles. The molecule has 3 aromatic rings. The lowest BCUT2D eigenvalue weighted by molar-refractivity contribution is 0.392. The van der Waals surface area contributed by atoms with Crippen LogP contribution < -0.4 is 21.1 Å². The topological polar surface area (TPSA) is 15.3 Å². The molecule has 0 spiro atoms. The summed E-state index contributed by atoms with van der Waals surface area (Å²) in [6, 6.07) is 22.1. The predicted octanol–water partition coefficient (Wildman–Crippen LogP) is 13.2. The van der Waals surface area contributed by atoms with Crippen LogP contribution in [-0.2, 0) is 18.3 Å². The van der Waals surface area contributed by atoms with Crippen molar-refractivity contribution in [3.05, 3.63) is 153 Å². The number of anilines is 1. The normalized spacial score (nSPS) is 22.4. The van der Waals surface area contributed by atoms with Crippen LogP contribution in [0.25, 0.3) is 5.70 Å². The molecule has 316 valence electrons. The number of hydrogen-bond donors (Lipinski definition) is 1. The number of nitrogens with zero attached hydrogens (tertiary/aromatic N) is 1. The third-order valence-electron chi connectivity index (χ3n) is 14.3. The number of aryl methyl sites for hydroxylation is 3. The van der Waals surface area contributed by atoms with Gasteiger partial charge in [-0.1, -0.05) is 177 Å². The van der Waals surface area contributed by atoms with E-state index >= 15 is 0 Å². The molecule has 3 unspecified atom stereocenters. The van der Waals surface area contributed by atoms with Gasteiger partial charge >= 0.3 is 0 Å². The van der Waals surface area contributed by atoms with E-state index in [0.717, 1.165) is 38.6 Å². The van der Waals surface area contributed by atoms with Gasteiger partial charge < -0.3 is 10.2 Å². The van der Waals surface area contributed by atoms with Crippen LogP contribution in [0.2, 0.25) is 0 Å². The quantitative estimate of drug-likeness (QED) is 0.228. The number of allylic oxidation sites excluding steroid dienone is 8. The Morgan fingerprint density at radius 2 is 1.55 bits per heavy atom. The van der Waals surface area contributed by atoms with Crippen LogP contribution in [0, 0.1) is 36.0 Å². The molecule has 7 rings (SSSR count). The number of hydrogen-bond acceptors (Lipinski definition) is 2. The van der Waals surface area contributed by atoms with Crippen molar-refractivity contribution in [3.63, 3.8) is 0 Å². The Morgan fingerprint density at radius 1 is 0.833 bits per heavy atom. The summed E-state index contributed by atoms with van der Waals surface area (Å²) >= 11 is 0. The van der Waals surface area contributed by atoms with Gasteiger partial charge in [0.05, 0.1) is 6.04 Å². The minimum Gasteiger partial charge on any atom is -0.389 e. The van der Waals surface area contributed by atoms with E-state index in [-0.39, 0.29) is 34.4 Å². The van der Waals surface area contributed by atoms with Crippen LogP contribution in [0.1, 0.15) is 142 Å². The lowest BCUT2D eigenvalue weighted by Gasteiger charge is -2.44. The molecule has 60 heavy (non-hydrogen) atoms. The summed E-state index contributed by atoms with van der Waals surface area (Å²) in [5, 5.41) is 3.58. The smallest absolute Gasteiger partial charge is 0.242 e. The number of piperidine rings is 1. The molecular formula is C57H75BN2. The van der Waals surface area contributed by atoms with Crippen molar-refractivity contribution in [3.8, 4) is 0 Å². The minimum absolute atomic E-state index is 0.0315. The van der Waals surface area contributed by atoms with Gasteiger partial charge in [0.15, 0.2) is 0 Å². The second-order valence-corrected chi connectivity index (χ2v) is 22.4. The van der Waals surface area contributed by atoms with E-state index in [1.165, 1.54) is 90.8 Å². The van der Waals surface area contributed by atoms with Gasteiger partial charge in [0.2, 0.25) is 6.71 Å². The fourth-order valence-electron chi connectivity index (χ4n) is 10.4. The number of rotatable bonds is 8. The predicted molar refractivity (Wildman–Crippen MR) is 264 cm³/mol. The molecule has 1 fully saturated rings. The Kier molecular flexibility index (Phi) is 12.1. The monoisotopic (exact) mass is 799 g/mol. The molecule has 0 saturated carbocycles. The molecule has 0 bridgehead atoms. The van der Waals surface area contributed by atoms with E-state index in [2.05, 4.69) is 198 Å². The van der Waals surface area contributed by atoms with Crippen molar-refractivity contribution in [2.75, 3.05) is 11.4 Å². The van der Waals surface area contributed by atoms with Gasteiger partial charge in [0.25, 0.3) is 0 Å². The average molecular weight is 799 g/mol. The van der Waals surface area contributed by atoms with E-state index in [1.807, 2.05) is 0 Å². The standard InChI is InChI=1S/C57H75BN2/c1-38-19-24-47(56(11,12)13)35-49(38)53-41(4)58(50-18-16-15-17-44(50)36-57(14)31-29-46(30-32-57)55(8,9)10)52-39(2)33-43(23-22-42-21-20-40(3)59-37-42)34-51(52)60(53)48-27-25-45(26-28-48)54(5,6)7/h15-19,24-27,29-31,33-35,42,48,59H,3,20-23,28,32,36-37H2,1-2,4-14H3. The van der Waals surface area contributed by atoms with E-state index in [9.17, 15) is 0 Å². The molecular weight excluding hydrogens is 723 g/mol. The Balaban J connectivity index is 1.43. The fraction of sp³-hybridized carbons (Fsp3) is 0.474. The average Bonchev–Trinajstić information content (AvgIpc) is 3.17. The van der Waals surface area contributed by atoms with Gasteiger partial charge in [-0.3, -0.25) is 0 Å². The molecule has 4 aliphatic rings. The van der Waals surface area contributed by atoms with E-state index < -0.39 is 0 Å². The first-order chi connectivity index (χ1) is 28.1. The summed E-state index contributed by atoms with van der Waals surface area (Å²) < 4.78 is 0. The van der Waals surface area contributed by atoms with Gasteiger partial charge in [-0.2, -0.15) is 0 Å². The highest BCUT2D eigenvalue weighted by molar-refractivity contribution is 6.93. The Hall–Kier alpha value is -4.24. The Bertz CT molecular complexity index is 2280. The van der Waals surface area contributed by atoms with Crippen LogP contribution in [-0.4, -0.2) is 19.3 Å². The van der Waals surface area contributed by atoms with Crippen molar-refractivity contribution < 1.29 is 0 Å². The minimum atomic E-state index is 0.0315. The summed E-state index contributed by atoms with van der Waals surface area (Å²) in [6.45, 7) is 36.1. The van der Waals surface area contributed by atoms with Crippen LogP contribution in [0.3, 0.4) is 0 Å². The molecule has 3 heteroatoms. The Labute approximate surface area is 366 Å². The summed E-state index contributed by atoms with van der Waals surface area (Å²) in [5.41, 5.74) is 20.0. The molecule has 0 radical (unpaired) electrons. The van der Waals surface area contributed by atoms with Crippen molar-refractivity contribution in [2.45, 2.75) is 146 Å². The first-order valence-electron chi connectivity index (χ1n) is 23.2. The van der Waals surface area contributed by atoms with Crippen molar-refractivity contribution in [1.82, 2.24) is 5.32 Å². The zero-order valence-corrected chi connectivity index (χ0v) is 39.7. The summed E-state index contributed by atoms with van der Waals surface area (Å²) in [6.07, 6.45) is 22.6. The molecule has 1 saturated heterocycles. The SMILES string of the molecule is C=C1CCC(CCc2cc(C)c3c(c2)N(C2C=CC(C(C)(C)C)=CC2)C(c2cc(C(C)(C)C)ccc2C)=C(C)B3c2ccccc2CC2(C)C=CC(C(C)(C)C)=CC2)CN1. The van der Waals surface area contributed by atoms with Crippen LogP contribution >= 0.6 is 0 Å². The summed E-state index contributed by atoms with van der Waals surface area (Å²) in [5.74, 6) is 0.676. The van der Waals surface area contributed by atoms with Crippen LogP contribution in [0.5, 0.6) is 0 Å². The number of benzene rings is 3. The van der Waals surface area contributed by atoms with Gasteiger partial charge in [-0.05, 0) is 139 Å². The van der Waals surface area contributed by atoms with Crippen molar-refractivity contribution in [2.24, 2.45) is 22.2 Å². The first kappa shape index (κ1) is 43.8. The van der Waals surface area contributed by atoms with Gasteiger partial charge in [-0.15, -0.1) is 0 Å². The highest BCUT2D eigenvalue weighted by Crippen LogP contribution is 2.43. The lowest BCUT2D eigenvalue weighted by atomic mass is 9.33. The summed E-state index contributed by atoms with van der Waals surface area (Å²) in [4.78, 5) is 2.79.